The van der Waals surface area contributed by atoms with Gasteiger partial charge in [-0.05, 0) is 13.0 Å². The first-order valence-corrected chi connectivity index (χ1v) is 2.51. The van der Waals surface area contributed by atoms with E-state index in [0.717, 1.165) is 13.0 Å². The third-order valence-corrected chi connectivity index (χ3v) is 0.371. The van der Waals surface area contributed by atoms with Crippen LogP contribution in [0.5, 0.6) is 0 Å². The lowest BCUT2D eigenvalue weighted by atomic mass is 10.4. The second-order valence-corrected chi connectivity index (χ2v) is 1.27. The van der Waals surface area contributed by atoms with E-state index in [-0.39, 0.29) is 0 Å². The van der Waals surface area contributed by atoms with Gasteiger partial charge in [0.1, 0.15) is 0 Å². The summed E-state index contributed by atoms with van der Waals surface area (Å²) >= 11 is 0. The molecule has 0 bridgehead atoms. The molecule has 0 aliphatic carbocycles. The van der Waals surface area contributed by atoms with Gasteiger partial charge in [-0.2, -0.15) is 0 Å². The minimum atomic E-state index is -0.833. The Labute approximate surface area is 54.7 Å². The van der Waals surface area contributed by atoms with E-state index in [9.17, 15) is 0 Å². The van der Waals surface area contributed by atoms with Gasteiger partial charge in [-0.15, -0.1) is 6.58 Å². The highest BCUT2D eigenvalue weighted by Crippen LogP contribution is 1.66. The van der Waals surface area contributed by atoms with Gasteiger partial charge in [0.05, 0.1) is 0 Å². The summed E-state index contributed by atoms with van der Waals surface area (Å²) in [7, 11) is 0. The summed E-state index contributed by atoms with van der Waals surface area (Å²) in [6, 6.07) is -0.833. The fourth-order valence-electron chi connectivity index (χ4n) is 0.118. The summed E-state index contributed by atoms with van der Waals surface area (Å²) < 4.78 is 0. The molecule has 2 amide bonds. The van der Waals surface area contributed by atoms with Crippen molar-refractivity contribution in [3.05, 3.63) is 12.7 Å². The maximum absolute atomic E-state index is 9.00. The Morgan fingerprint density at radius 2 is 1.89 bits per heavy atom. The molecule has 6 N–H and O–H groups in total. The number of primary amides is 2. The van der Waals surface area contributed by atoms with Gasteiger partial charge in [0.2, 0.25) is 0 Å². The topological polar surface area (TPSA) is 95.1 Å². The highest BCUT2D eigenvalue weighted by atomic mass is 16.2. The SMILES string of the molecule is C=CCCN.NC(N)=O. The van der Waals surface area contributed by atoms with Crippen molar-refractivity contribution in [2.24, 2.45) is 17.2 Å². The fraction of sp³-hybridized carbons (Fsp3) is 0.400. The number of carbonyl (C=O) groups is 1. The normalized spacial score (nSPS) is 6.78. The molecular formula is C5H13N3O. The first-order valence-electron chi connectivity index (χ1n) is 2.51. The number of hydrogen-bond acceptors (Lipinski definition) is 2. The maximum atomic E-state index is 9.00. The molecule has 4 nitrogen and oxygen atoms in total. The molecule has 0 saturated carbocycles. The fourth-order valence-corrected chi connectivity index (χ4v) is 0.118. The van der Waals surface area contributed by atoms with Crippen molar-refractivity contribution >= 4 is 6.03 Å². The molecule has 0 aromatic rings. The summed E-state index contributed by atoms with van der Waals surface area (Å²) in [4.78, 5) is 9.00. The van der Waals surface area contributed by atoms with Crippen molar-refractivity contribution in [1.29, 1.82) is 0 Å². The van der Waals surface area contributed by atoms with Gasteiger partial charge in [0, 0.05) is 0 Å². The first-order chi connectivity index (χ1) is 4.15. The van der Waals surface area contributed by atoms with Crippen molar-refractivity contribution in [3.8, 4) is 0 Å². The standard InChI is InChI=1S/C4H9N.CH4N2O/c1-2-3-4-5;2-1(3)4/h2H,1,3-5H2;(H4,2,3,4). The first kappa shape index (κ1) is 10.9. The number of hydrogen-bond donors (Lipinski definition) is 3. The van der Waals surface area contributed by atoms with Crippen LogP contribution in [0.3, 0.4) is 0 Å². The molecule has 0 aromatic heterocycles. The number of nitrogens with two attached hydrogens (primary N) is 3. The molecule has 0 saturated heterocycles. The van der Waals surface area contributed by atoms with Gasteiger partial charge in [-0.1, -0.05) is 6.08 Å². The summed E-state index contributed by atoms with van der Waals surface area (Å²) in [5, 5.41) is 0. The average Bonchev–Trinajstić information content (AvgIpc) is 1.66. The third kappa shape index (κ3) is 183. The summed E-state index contributed by atoms with van der Waals surface area (Å²) in [6.07, 6.45) is 2.74. The van der Waals surface area contributed by atoms with Gasteiger partial charge >= 0.3 is 6.03 Å². The van der Waals surface area contributed by atoms with Crippen LogP contribution in [0.4, 0.5) is 4.79 Å². The molecule has 0 rings (SSSR count). The highest BCUT2D eigenvalue weighted by Gasteiger charge is 1.61. The van der Waals surface area contributed by atoms with E-state index in [1.54, 1.807) is 6.08 Å². The molecule has 4 heteroatoms. The van der Waals surface area contributed by atoms with E-state index in [1.807, 2.05) is 0 Å². The lowest BCUT2D eigenvalue weighted by molar-refractivity contribution is 0.256. The van der Waals surface area contributed by atoms with Crippen molar-refractivity contribution in [1.82, 2.24) is 0 Å². The Bertz CT molecular complexity index is 78.3. The van der Waals surface area contributed by atoms with Crippen LogP contribution in [0, 0.1) is 0 Å². The lowest BCUT2D eigenvalue weighted by Crippen LogP contribution is -2.18. The summed E-state index contributed by atoms with van der Waals surface area (Å²) in [6.45, 7) is 4.20. The monoisotopic (exact) mass is 131 g/mol. The van der Waals surface area contributed by atoms with Crippen LogP contribution in [0.1, 0.15) is 6.42 Å². The van der Waals surface area contributed by atoms with Gasteiger partial charge in [-0.25, -0.2) is 4.79 Å². The largest absolute Gasteiger partial charge is 0.352 e. The van der Waals surface area contributed by atoms with Gasteiger partial charge in [0.25, 0.3) is 0 Å². The van der Waals surface area contributed by atoms with Crippen LogP contribution in [-0.4, -0.2) is 12.6 Å². The second kappa shape index (κ2) is 10.1. The van der Waals surface area contributed by atoms with Crippen molar-refractivity contribution in [2.75, 3.05) is 6.54 Å². The van der Waals surface area contributed by atoms with Gasteiger partial charge < -0.3 is 17.2 Å². The quantitative estimate of drug-likeness (QED) is 0.442. The van der Waals surface area contributed by atoms with Crippen molar-refractivity contribution < 1.29 is 4.79 Å². The Morgan fingerprint density at radius 1 is 1.56 bits per heavy atom. The number of rotatable bonds is 2. The molecule has 0 unspecified atom stereocenters. The number of urea groups is 1. The van der Waals surface area contributed by atoms with Gasteiger partial charge in [-0.3, -0.25) is 0 Å². The minimum absolute atomic E-state index is 0.726. The second-order valence-electron chi connectivity index (χ2n) is 1.27. The zero-order valence-electron chi connectivity index (χ0n) is 5.34. The van der Waals surface area contributed by atoms with Gasteiger partial charge in [0.15, 0.2) is 0 Å². The molecule has 0 atom stereocenters. The highest BCUT2D eigenvalue weighted by molar-refractivity contribution is 5.69. The maximum Gasteiger partial charge on any atom is 0.309 e. The van der Waals surface area contributed by atoms with Crippen LogP contribution >= 0.6 is 0 Å². The lowest BCUT2D eigenvalue weighted by Gasteiger charge is -1.74. The van der Waals surface area contributed by atoms with E-state index >= 15 is 0 Å². The Hall–Kier alpha value is -1.03. The predicted octanol–water partition coefficient (Wildman–Crippen LogP) is -0.455. The van der Waals surface area contributed by atoms with E-state index in [4.69, 9.17) is 10.5 Å². The zero-order valence-corrected chi connectivity index (χ0v) is 5.34. The zero-order chi connectivity index (χ0) is 7.70. The third-order valence-electron chi connectivity index (χ3n) is 0.371. The minimum Gasteiger partial charge on any atom is -0.352 e. The van der Waals surface area contributed by atoms with Crippen LogP contribution < -0.4 is 17.2 Å². The van der Waals surface area contributed by atoms with Crippen LogP contribution in [0.25, 0.3) is 0 Å². The molecule has 0 spiro atoms. The smallest absolute Gasteiger partial charge is 0.309 e. The average molecular weight is 131 g/mol. The van der Waals surface area contributed by atoms with Crippen molar-refractivity contribution in [2.45, 2.75) is 6.42 Å². The molecule has 0 heterocycles. The molecule has 9 heavy (non-hydrogen) atoms. The summed E-state index contributed by atoms with van der Waals surface area (Å²) in [5.41, 5.74) is 13.6. The molecule has 0 aliphatic heterocycles. The predicted molar refractivity (Wildman–Crippen MR) is 37.6 cm³/mol. The molecule has 0 aromatic carbocycles. The molecule has 54 valence electrons. The molecular weight excluding hydrogens is 118 g/mol. The molecule has 0 fully saturated rings. The van der Waals surface area contributed by atoms with E-state index < -0.39 is 6.03 Å². The Morgan fingerprint density at radius 3 is 1.89 bits per heavy atom. The van der Waals surface area contributed by atoms with Crippen LogP contribution in [-0.2, 0) is 0 Å². The molecule has 0 aliphatic rings. The summed E-state index contributed by atoms with van der Waals surface area (Å²) in [5.74, 6) is 0. The number of amides is 2. The van der Waals surface area contributed by atoms with E-state index in [2.05, 4.69) is 18.0 Å². The van der Waals surface area contributed by atoms with Crippen LogP contribution in [0.2, 0.25) is 0 Å². The Balaban J connectivity index is 0. The number of carbonyl (C=O) groups excluding carboxylic acids is 1. The van der Waals surface area contributed by atoms with E-state index in [1.165, 1.54) is 0 Å². The Kier molecular flexibility index (Phi) is 12.1. The van der Waals surface area contributed by atoms with Crippen LogP contribution in [0.15, 0.2) is 12.7 Å². The van der Waals surface area contributed by atoms with E-state index in [0.29, 0.717) is 0 Å². The van der Waals surface area contributed by atoms with Crippen molar-refractivity contribution in [3.63, 3.8) is 0 Å². The molecule has 0 radical (unpaired) electrons.